The first-order valence-electron chi connectivity index (χ1n) is 6.41. The van der Waals surface area contributed by atoms with E-state index in [9.17, 15) is 4.79 Å². The largest absolute Gasteiger partial charge is 0.496 e. The van der Waals surface area contributed by atoms with E-state index in [4.69, 9.17) is 16.3 Å². The molecule has 0 aromatic heterocycles. The van der Waals surface area contributed by atoms with Crippen molar-refractivity contribution >= 4 is 33.4 Å². The van der Waals surface area contributed by atoms with Gasteiger partial charge in [-0.05, 0) is 58.7 Å². The molecule has 2 aromatic rings. The normalized spacial score (nSPS) is 11.8. The number of hydrogen-bond donors (Lipinski definition) is 1. The van der Waals surface area contributed by atoms with Crippen molar-refractivity contribution in [3.63, 3.8) is 0 Å². The predicted molar refractivity (Wildman–Crippen MR) is 88.0 cm³/mol. The summed E-state index contributed by atoms with van der Waals surface area (Å²) >= 11 is 9.34. The summed E-state index contributed by atoms with van der Waals surface area (Å²) in [5.74, 6) is 0.542. The molecular weight excluding hydrogens is 354 g/mol. The van der Waals surface area contributed by atoms with Crippen molar-refractivity contribution in [2.45, 2.75) is 13.0 Å². The lowest BCUT2D eigenvalue weighted by atomic mass is 10.1. The Kier molecular flexibility index (Phi) is 5.26. The highest BCUT2D eigenvalue weighted by atomic mass is 79.9. The van der Waals surface area contributed by atoms with Crippen LogP contribution < -0.4 is 10.1 Å². The maximum atomic E-state index is 12.3. The summed E-state index contributed by atoms with van der Waals surface area (Å²) in [7, 11) is 1.58. The minimum absolute atomic E-state index is 0.128. The average molecular weight is 369 g/mol. The van der Waals surface area contributed by atoms with Gasteiger partial charge in [0.1, 0.15) is 5.75 Å². The molecule has 0 aliphatic rings. The monoisotopic (exact) mass is 367 g/mol. The molecule has 1 amide bonds. The van der Waals surface area contributed by atoms with Gasteiger partial charge in [0, 0.05) is 10.6 Å². The fraction of sp³-hybridized carbons (Fsp3) is 0.188. The lowest BCUT2D eigenvalue weighted by Crippen LogP contribution is -2.26. The number of methoxy groups -OCH3 is 1. The van der Waals surface area contributed by atoms with E-state index < -0.39 is 0 Å². The number of carbonyl (C=O) groups excluding carboxylic acids is 1. The predicted octanol–water partition coefficient (Wildman–Crippen LogP) is 4.60. The highest BCUT2D eigenvalue weighted by molar-refractivity contribution is 9.10. The second-order valence-electron chi connectivity index (χ2n) is 4.60. The van der Waals surface area contributed by atoms with Gasteiger partial charge in [0.05, 0.1) is 17.6 Å². The molecule has 0 aliphatic heterocycles. The van der Waals surface area contributed by atoms with Crippen LogP contribution in [-0.4, -0.2) is 13.0 Å². The molecule has 1 atom stereocenters. The number of nitrogens with one attached hydrogen (secondary N) is 1. The van der Waals surface area contributed by atoms with Crippen molar-refractivity contribution in [1.82, 2.24) is 5.32 Å². The molecule has 0 bridgehead atoms. The summed E-state index contributed by atoms with van der Waals surface area (Å²) in [5.41, 5.74) is 1.53. The van der Waals surface area contributed by atoms with Crippen molar-refractivity contribution in [2.24, 2.45) is 0 Å². The second kappa shape index (κ2) is 6.96. The first kappa shape index (κ1) is 15.9. The molecule has 0 aliphatic carbocycles. The van der Waals surface area contributed by atoms with Crippen molar-refractivity contribution in [2.75, 3.05) is 7.11 Å². The molecule has 2 aromatic carbocycles. The van der Waals surface area contributed by atoms with Gasteiger partial charge in [-0.15, -0.1) is 0 Å². The first-order chi connectivity index (χ1) is 10.0. The molecule has 110 valence electrons. The van der Waals surface area contributed by atoms with Gasteiger partial charge in [-0.2, -0.15) is 0 Å². The SMILES string of the molecule is COc1ccc(C(=O)N[C@@H](C)c2cccc(Cl)c2)cc1Br. The molecule has 0 saturated carbocycles. The summed E-state index contributed by atoms with van der Waals surface area (Å²) in [5, 5.41) is 3.60. The average Bonchev–Trinajstić information content (AvgIpc) is 2.47. The summed E-state index contributed by atoms with van der Waals surface area (Å²) in [4.78, 5) is 12.3. The van der Waals surface area contributed by atoms with Crippen LogP contribution in [0.3, 0.4) is 0 Å². The summed E-state index contributed by atoms with van der Waals surface area (Å²) in [6.07, 6.45) is 0. The van der Waals surface area contributed by atoms with Crippen LogP contribution in [-0.2, 0) is 0 Å². The van der Waals surface area contributed by atoms with E-state index in [0.717, 1.165) is 10.0 Å². The van der Waals surface area contributed by atoms with Crippen LogP contribution in [0.4, 0.5) is 0 Å². The Morgan fingerprint density at radius 2 is 2.05 bits per heavy atom. The molecule has 2 rings (SSSR count). The zero-order valence-corrected chi connectivity index (χ0v) is 14.0. The van der Waals surface area contributed by atoms with Crippen LogP contribution >= 0.6 is 27.5 Å². The van der Waals surface area contributed by atoms with Crippen LogP contribution in [0.25, 0.3) is 0 Å². The zero-order chi connectivity index (χ0) is 15.4. The van der Waals surface area contributed by atoms with Crippen LogP contribution in [0.1, 0.15) is 28.9 Å². The first-order valence-corrected chi connectivity index (χ1v) is 7.58. The molecule has 0 unspecified atom stereocenters. The maximum Gasteiger partial charge on any atom is 0.251 e. The van der Waals surface area contributed by atoms with Crippen molar-refractivity contribution in [3.8, 4) is 5.75 Å². The molecule has 3 nitrogen and oxygen atoms in total. The fourth-order valence-electron chi connectivity index (χ4n) is 1.95. The molecule has 5 heteroatoms. The van der Waals surface area contributed by atoms with E-state index in [-0.39, 0.29) is 11.9 Å². The van der Waals surface area contributed by atoms with Crippen LogP contribution in [0, 0.1) is 0 Å². The lowest BCUT2D eigenvalue weighted by Gasteiger charge is -2.15. The van der Waals surface area contributed by atoms with Gasteiger partial charge in [-0.1, -0.05) is 23.7 Å². The number of halogens is 2. The van der Waals surface area contributed by atoms with E-state index in [1.54, 1.807) is 31.4 Å². The van der Waals surface area contributed by atoms with E-state index >= 15 is 0 Å². The zero-order valence-electron chi connectivity index (χ0n) is 11.7. The van der Waals surface area contributed by atoms with Crippen molar-refractivity contribution in [1.29, 1.82) is 0 Å². The Morgan fingerprint density at radius 3 is 2.67 bits per heavy atom. The molecular formula is C16H15BrClNO2. The molecule has 1 N–H and O–H groups in total. The molecule has 0 saturated heterocycles. The Labute approximate surface area is 137 Å². The topological polar surface area (TPSA) is 38.3 Å². The Hall–Kier alpha value is -1.52. The Bertz CT molecular complexity index is 660. The lowest BCUT2D eigenvalue weighted by molar-refractivity contribution is 0.0940. The van der Waals surface area contributed by atoms with Gasteiger partial charge in [0.15, 0.2) is 0 Å². The maximum absolute atomic E-state index is 12.3. The summed E-state index contributed by atoms with van der Waals surface area (Å²) in [6, 6.07) is 12.5. The third-order valence-electron chi connectivity index (χ3n) is 3.11. The van der Waals surface area contributed by atoms with E-state index in [0.29, 0.717) is 16.3 Å². The van der Waals surface area contributed by atoms with Crippen LogP contribution in [0.15, 0.2) is 46.9 Å². The second-order valence-corrected chi connectivity index (χ2v) is 5.89. The van der Waals surface area contributed by atoms with E-state index in [1.165, 1.54) is 0 Å². The van der Waals surface area contributed by atoms with E-state index in [2.05, 4.69) is 21.2 Å². The third kappa shape index (κ3) is 3.99. The van der Waals surface area contributed by atoms with Gasteiger partial charge in [0.2, 0.25) is 0 Å². The highest BCUT2D eigenvalue weighted by Crippen LogP contribution is 2.26. The van der Waals surface area contributed by atoms with Gasteiger partial charge in [-0.3, -0.25) is 4.79 Å². The van der Waals surface area contributed by atoms with Crippen LogP contribution in [0.5, 0.6) is 5.75 Å². The van der Waals surface area contributed by atoms with Crippen molar-refractivity contribution < 1.29 is 9.53 Å². The van der Waals surface area contributed by atoms with Crippen molar-refractivity contribution in [3.05, 3.63) is 63.1 Å². The Morgan fingerprint density at radius 1 is 1.29 bits per heavy atom. The molecule has 0 spiro atoms. The number of ether oxygens (including phenoxy) is 1. The summed E-state index contributed by atoms with van der Waals surface area (Å²) < 4.78 is 5.89. The quantitative estimate of drug-likeness (QED) is 0.856. The minimum atomic E-state index is -0.147. The Balaban J connectivity index is 2.12. The number of carbonyl (C=O) groups is 1. The number of hydrogen-bond acceptors (Lipinski definition) is 2. The number of amides is 1. The molecule has 0 radical (unpaired) electrons. The summed E-state index contributed by atoms with van der Waals surface area (Å²) in [6.45, 7) is 1.92. The third-order valence-corrected chi connectivity index (χ3v) is 3.97. The van der Waals surface area contributed by atoms with Gasteiger partial charge >= 0.3 is 0 Å². The fourth-order valence-corrected chi connectivity index (χ4v) is 2.69. The smallest absolute Gasteiger partial charge is 0.251 e. The molecule has 21 heavy (non-hydrogen) atoms. The molecule has 0 heterocycles. The molecule has 0 fully saturated rings. The van der Waals surface area contributed by atoms with E-state index in [1.807, 2.05) is 25.1 Å². The highest BCUT2D eigenvalue weighted by Gasteiger charge is 2.13. The number of rotatable bonds is 4. The minimum Gasteiger partial charge on any atom is -0.496 e. The van der Waals surface area contributed by atoms with Gasteiger partial charge < -0.3 is 10.1 Å². The van der Waals surface area contributed by atoms with Gasteiger partial charge in [0.25, 0.3) is 5.91 Å². The van der Waals surface area contributed by atoms with Crippen LogP contribution in [0.2, 0.25) is 5.02 Å². The van der Waals surface area contributed by atoms with Gasteiger partial charge in [-0.25, -0.2) is 0 Å². The standard InChI is InChI=1S/C16H15BrClNO2/c1-10(11-4-3-5-13(18)8-11)19-16(20)12-6-7-15(21-2)14(17)9-12/h3-10H,1-2H3,(H,19,20)/t10-/m0/s1. The number of benzene rings is 2.